The first-order valence-corrected chi connectivity index (χ1v) is 7.25. The van der Waals surface area contributed by atoms with Crippen molar-refractivity contribution >= 4 is 12.1 Å². The van der Waals surface area contributed by atoms with Crippen LogP contribution in [0, 0.1) is 5.92 Å². The maximum absolute atomic E-state index is 12.2. The van der Waals surface area contributed by atoms with E-state index in [1.54, 1.807) is 12.1 Å². The summed E-state index contributed by atoms with van der Waals surface area (Å²) in [5.41, 5.74) is 2.76. The van der Waals surface area contributed by atoms with Crippen LogP contribution >= 0.6 is 0 Å². The molecule has 4 nitrogen and oxygen atoms in total. The van der Waals surface area contributed by atoms with Crippen LogP contribution in [0.2, 0.25) is 0 Å². The lowest BCUT2D eigenvalue weighted by molar-refractivity contribution is 0.0940. The molecule has 114 valence electrons. The molecular weight excluding hydrogens is 276 g/mol. The van der Waals surface area contributed by atoms with E-state index in [0.29, 0.717) is 5.56 Å². The van der Waals surface area contributed by atoms with Gasteiger partial charge in [0.25, 0.3) is 5.91 Å². The lowest BCUT2D eigenvalue weighted by atomic mass is 10.0. The highest BCUT2D eigenvalue weighted by molar-refractivity contribution is 5.96. The fraction of sp³-hybridized carbons (Fsp3) is 0.222. The van der Waals surface area contributed by atoms with Crippen LogP contribution in [0.1, 0.15) is 24.2 Å². The summed E-state index contributed by atoms with van der Waals surface area (Å²) in [7, 11) is 0. The molecule has 2 aromatic rings. The average Bonchev–Trinajstić information content (AvgIpc) is 2.55. The summed E-state index contributed by atoms with van der Waals surface area (Å²) in [4.78, 5) is 12.2. The smallest absolute Gasteiger partial charge is 0.251 e. The van der Waals surface area contributed by atoms with Gasteiger partial charge in [0.1, 0.15) is 0 Å². The van der Waals surface area contributed by atoms with Gasteiger partial charge in [-0.05, 0) is 29.2 Å². The zero-order valence-corrected chi connectivity index (χ0v) is 12.7. The number of hydrogen-bond acceptors (Lipinski definition) is 3. The van der Waals surface area contributed by atoms with Crippen molar-refractivity contribution in [3.8, 4) is 11.1 Å². The summed E-state index contributed by atoms with van der Waals surface area (Å²) in [5.74, 6) is -0.0401. The van der Waals surface area contributed by atoms with Gasteiger partial charge in [0, 0.05) is 5.56 Å². The van der Waals surface area contributed by atoms with Crippen LogP contribution in [0.3, 0.4) is 0 Å². The summed E-state index contributed by atoms with van der Waals surface area (Å²) < 4.78 is 0. The molecule has 0 spiro atoms. The van der Waals surface area contributed by atoms with Crippen LogP contribution in [-0.4, -0.2) is 23.4 Å². The van der Waals surface area contributed by atoms with Gasteiger partial charge in [0.2, 0.25) is 0 Å². The van der Waals surface area contributed by atoms with E-state index in [0.717, 1.165) is 11.1 Å². The van der Waals surface area contributed by atoms with E-state index in [1.807, 2.05) is 56.3 Å². The monoisotopic (exact) mass is 296 g/mol. The number of hydrogen-bond donors (Lipinski definition) is 2. The minimum Gasteiger partial charge on any atom is -0.411 e. The summed E-state index contributed by atoms with van der Waals surface area (Å²) in [6, 6.07) is 17.1. The quantitative estimate of drug-likeness (QED) is 0.503. The van der Waals surface area contributed by atoms with Gasteiger partial charge >= 0.3 is 0 Å². The fourth-order valence-corrected chi connectivity index (χ4v) is 2.13. The number of rotatable bonds is 5. The summed E-state index contributed by atoms with van der Waals surface area (Å²) in [5, 5.41) is 14.5. The summed E-state index contributed by atoms with van der Waals surface area (Å²) >= 11 is 0. The van der Waals surface area contributed by atoms with Crippen LogP contribution in [-0.2, 0) is 0 Å². The van der Waals surface area contributed by atoms with E-state index in [-0.39, 0.29) is 17.9 Å². The number of carbonyl (C=O) groups excluding carboxylic acids is 1. The van der Waals surface area contributed by atoms with E-state index < -0.39 is 0 Å². The van der Waals surface area contributed by atoms with E-state index >= 15 is 0 Å². The molecule has 1 atom stereocenters. The normalized spacial score (nSPS) is 12.5. The molecule has 0 aliphatic carbocycles. The molecule has 0 saturated heterocycles. The molecule has 4 heteroatoms. The molecule has 0 radical (unpaired) electrons. The Labute approximate surface area is 130 Å². The van der Waals surface area contributed by atoms with Gasteiger partial charge < -0.3 is 10.5 Å². The molecule has 0 unspecified atom stereocenters. The van der Waals surface area contributed by atoms with Gasteiger partial charge in [0.05, 0.1) is 12.3 Å². The van der Waals surface area contributed by atoms with Crippen molar-refractivity contribution in [2.45, 2.75) is 19.9 Å². The Morgan fingerprint density at radius 2 is 1.64 bits per heavy atom. The van der Waals surface area contributed by atoms with Crippen LogP contribution in [0.5, 0.6) is 0 Å². The number of carbonyl (C=O) groups is 1. The maximum atomic E-state index is 12.2. The minimum absolute atomic E-state index is 0.142. The molecule has 0 heterocycles. The van der Waals surface area contributed by atoms with Crippen molar-refractivity contribution < 1.29 is 10.0 Å². The zero-order valence-electron chi connectivity index (χ0n) is 12.7. The third-order valence-electron chi connectivity index (χ3n) is 3.50. The van der Waals surface area contributed by atoms with Gasteiger partial charge in [-0.1, -0.05) is 61.5 Å². The van der Waals surface area contributed by atoms with Gasteiger partial charge in [-0.3, -0.25) is 4.79 Å². The molecule has 0 aromatic heterocycles. The Balaban J connectivity index is 2.11. The third kappa shape index (κ3) is 3.95. The topological polar surface area (TPSA) is 61.7 Å². The Bertz CT molecular complexity index is 634. The molecular formula is C18H20N2O2. The molecule has 0 fully saturated rings. The van der Waals surface area contributed by atoms with Crippen LogP contribution < -0.4 is 5.32 Å². The predicted molar refractivity (Wildman–Crippen MR) is 88.2 cm³/mol. The fourth-order valence-electron chi connectivity index (χ4n) is 2.13. The van der Waals surface area contributed by atoms with Crippen LogP contribution in [0.4, 0.5) is 0 Å². The first-order chi connectivity index (χ1) is 10.6. The van der Waals surface area contributed by atoms with E-state index in [1.165, 1.54) is 6.21 Å². The van der Waals surface area contributed by atoms with Crippen molar-refractivity contribution in [2.24, 2.45) is 11.1 Å². The van der Waals surface area contributed by atoms with Gasteiger partial charge in [0.15, 0.2) is 0 Å². The first-order valence-electron chi connectivity index (χ1n) is 7.25. The zero-order chi connectivity index (χ0) is 15.9. The summed E-state index contributed by atoms with van der Waals surface area (Å²) in [6.07, 6.45) is 1.33. The second kappa shape index (κ2) is 7.41. The van der Waals surface area contributed by atoms with Gasteiger partial charge in [-0.2, -0.15) is 0 Å². The van der Waals surface area contributed by atoms with Gasteiger partial charge in [-0.15, -0.1) is 0 Å². The second-order valence-corrected chi connectivity index (χ2v) is 5.45. The Kier molecular flexibility index (Phi) is 5.31. The molecule has 2 aromatic carbocycles. The lowest BCUT2D eigenvalue weighted by Gasteiger charge is -2.17. The third-order valence-corrected chi connectivity index (χ3v) is 3.50. The number of oxime groups is 1. The first kappa shape index (κ1) is 15.8. The van der Waals surface area contributed by atoms with E-state index in [2.05, 4.69) is 10.5 Å². The lowest BCUT2D eigenvalue weighted by Crippen LogP contribution is -2.39. The van der Waals surface area contributed by atoms with Crippen molar-refractivity contribution in [3.63, 3.8) is 0 Å². The molecule has 0 aliphatic heterocycles. The van der Waals surface area contributed by atoms with Crippen molar-refractivity contribution in [1.29, 1.82) is 0 Å². The van der Waals surface area contributed by atoms with E-state index in [9.17, 15) is 4.79 Å². The average molecular weight is 296 g/mol. The molecule has 2 N–H and O–H groups in total. The predicted octanol–water partition coefficient (Wildman–Crippen LogP) is 3.57. The molecule has 22 heavy (non-hydrogen) atoms. The molecule has 2 rings (SSSR count). The minimum atomic E-state index is -0.300. The Morgan fingerprint density at radius 1 is 1.05 bits per heavy atom. The number of benzene rings is 2. The van der Waals surface area contributed by atoms with E-state index in [4.69, 9.17) is 5.21 Å². The standard InChI is InChI=1S/C18H20N2O2/c1-13(2)17(12-19-22)20-18(21)16-10-8-15(9-11-16)14-6-4-3-5-7-14/h3-13,17,22H,1-2H3,(H,20,21)/b19-12+/t17-/m1/s1. The van der Waals surface area contributed by atoms with Gasteiger partial charge in [-0.25, -0.2) is 0 Å². The Morgan fingerprint density at radius 3 is 2.18 bits per heavy atom. The number of amides is 1. The van der Waals surface area contributed by atoms with Crippen molar-refractivity contribution in [1.82, 2.24) is 5.32 Å². The molecule has 0 saturated carbocycles. The van der Waals surface area contributed by atoms with Crippen LogP contribution in [0.25, 0.3) is 11.1 Å². The molecule has 0 aliphatic rings. The Hall–Kier alpha value is -2.62. The SMILES string of the molecule is CC(C)[C@@H](/C=N/O)NC(=O)c1ccc(-c2ccccc2)cc1. The second-order valence-electron chi connectivity index (χ2n) is 5.45. The molecule has 1 amide bonds. The largest absolute Gasteiger partial charge is 0.411 e. The highest BCUT2D eigenvalue weighted by Gasteiger charge is 2.15. The van der Waals surface area contributed by atoms with Crippen molar-refractivity contribution in [2.75, 3.05) is 0 Å². The number of nitrogens with one attached hydrogen (secondary N) is 1. The molecule has 0 bridgehead atoms. The highest BCUT2D eigenvalue weighted by atomic mass is 16.4. The number of nitrogens with zero attached hydrogens (tertiary/aromatic N) is 1. The summed E-state index contributed by atoms with van der Waals surface area (Å²) in [6.45, 7) is 3.90. The maximum Gasteiger partial charge on any atom is 0.251 e. The van der Waals surface area contributed by atoms with Crippen LogP contribution in [0.15, 0.2) is 59.8 Å². The van der Waals surface area contributed by atoms with Crippen molar-refractivity contribution in [3.05, 3.63) is 60.2 Å². The highest BCUT2D eigenvalue weighted by Crippen LogP contribution is 2.19.